The summed E-state index contributed by atoms with van der Waals surface area (Å²) in [7, 11) is 0. The van der Waals surface area contributed by atoms with E-state index in [1.807, 2.05) is 36.4 Å². The van der Waals surface area contributed by atoms with Gasteiger partial charge in [-0.3, -0.25) is 4.79 Å². The second kappa shape index (κ2) is 10.2. The summed E-state index contributed by atoms with van der Waals surface area (Å²) >= 11 is 6.78. The van der Waals surface area contributed by atoms with Crippen LogP contribution in [0.4, 0.5) is 10.5 Å². The zero-order valence-corrected chi connectivity index (χ0v) is 22.9. The molecule has 40 heavy (non-hydrogen) atoms. The van der Waals surface area contributed by atoms with E-state index in [2.05, 4.69) is 5.32 Å². The van der Waals surface area contributed by atoms with Crippen molar-refractivity contribution in [2.45, 2.75) is 44.9 Å². The Morgan fingerprint density at radius 3 is 2.45 bits per heavy atom. The van der Waals surface area contributed by atoms with Crippen molar-refractivity contribution in [1.29, 1.82) is 5.26 Å². The van der Waals surface area contributed by atoms with Gasteiger partial charge in [0.2, 0.25) is 0 Å². The van der Waals surface area contributed by atoms with E-state index in [1.165, 1.54) is 0 Å². The van der Waals surface area contributed by atoms with Gasteiger partial charge >= 0.3 is 11.7 Å². The Hall–Kier alpha value is -4.61. The average molecular weight is 556 g/mol. The quantitative estimate of drug-likeness (QED) is 0.310. The van der Waals surface area contributed by atoms with Crippen molar-refractivity contribution in [3.05, 3.63) is 110 Å². The Balaban J connectivity index is 1.76. The first-order valence-electron chi connectivity index (χ1n) is 12.6. The number of hydrogen-bond donors (Lipinski definition) is 1. The molecule has 8 nitrogen and oxygen atoms in total. The van der Waals surface area contributed by atoms with Gasteiger partial charge in [-0.05, 0) is 50.1 Å². The zero-order valence-electron chi connectivity index (χ0n) is 22.2. The molecule has 202 valence electrons. The molecular weight excluding hydrogens is 530 g/mol. The molecule has 0 unspecified atom stereocenters. The largest absolute Gasteiger partial charge is 0.444 e. The lowest BCUT2D eigenvalue weighted by molar-refractivity contribution is -0.124. The van der Waals surface area contributed by atoms with E-state index in [-0.39, 0.29) is 34.7 Å². The van der Waals surface area contributed by atoms with E-state index < -0.39 is 28.8 Å². The molecule has 1 atom stereocenters. The van der Waals surface area contributed by atoms with Gasteiger partial charge < -0.3 is 19.4 Å². The molecule has 2 amide bonds. The molecule has 4 aromatic rings. The first-order valence-corrected chi connectivity index (χ1v) is 13.0. The third kappa shape index (κ3) is 4.80. The minimum Gasteiger partial charge on any atom is -0.444 e. The number of rotatable bonds is 5. The van der Waals surface area contributed by atoms with Gasteiger partial charge in [0, 0.05) is 22.4 Å². The number of hydrogen-bond acceptors (Lipinski definition) is 6. The Labute approximate surface area is 235 Å². The number of carbonyl (C=O) groups excluding carboxylic acids is 2. The number of ether oxygens (including phenoxy) is 1. The van der Waals surface area contributed by atoms with Crippen molar-refractivity contribution in [3.63, 3.8) is 0 Å². The minimum absolute atomic E-state index is 0.202. The van der Waals surface area contributed by atoms with Crippen LogP contribution in [-0.2, 0) is 28.0 Å². The maximum absolute atomic E-state index is 14.6. The van der Waals surface area contributed by atoms with Crippen LogP contribution in [-0.4, -0.2) is 17.6 Å². The molecule has 3 aromatic carbocycles. The Morgan fingerprint density at radius 1 is 1.05 bits per heavy atom. The van der Waals surface area contributed by atoms with Gasteiger partial charge in [0.15, 0.2) is 5.54 Å². The SMILES string of the molecule is CC(C)(C)OC(=O)N[C@@]1(Cc2c(C#N)c(=O)oc3ccccc23)C(=O)N(Cc2ccccc2)c2cccc(Cl)c21. The molecular formula is C31H26ClN3O5. The third-order valence-corrected chi connectivity index (χ3v) is 7.01. The molecule has 5 rings (SSSR count). The summed E-state index contributed by atoms with van der Waals surface area (Å²) in [6, 6.07) is 23.2. The van der Waals surface area contributed by atoms with Crippen LogP contribution in [0.25, 0.3) is 11.0 Å². The average Bonchev–Trinajstić information content (AvgIpc) is 3.11. The summed E-state index contributed by atoms with van der Waals surface area (Å²) < 4.78 is 11.0. The minimum atomic E-state index is -1.80. The number of para-hydroxylation sites is 1. The van der Waals surface area contributed by atoms with Gasteiger partial charge in [-0.25, -0.2) is 9.59 Å². The highest BCUT2D eigenvalue weighted by molar-refractivity contribution is 6.33. The molecule has 1 aliphatic heterocycles. The summed E-state index contributed by atoms with van der Waals surface area (Å²) in [5, 5.41) is 13.5. The number of nitriles is 1. The fraction of sp³-hybridized carbons (Fsp3) is 0.226. The normalized spacial score (nSPS) is 16.5. The smallest absolute Gasteiger partial charge is 0.408 e. The number of benzene rings is 3. The van der Waals surface area contributed by atoms with Crippen molar-refractivity contribution < 1.29 is 18.7 Å². The molecule has 0 saturated carbocycles. The highest BCUT2D eigenvalue weighted by Crippen LogP contribution is 2.47. The van der Waals surface area contributed by atoms with Gasteiger partial charge in [-0.15, -0.1) is 0 Å². The van der Waals surface area contributed by atoms with Crippen molar-refractivity contribution in [2.24, 2.45) is 0 Å². The van der Waals surface area contributed by atoms with Crippen LogP contribution in [0.5, 0.6) is 0 Å². The first-order chi connectivity index (χ1) is 19.0. The standard InChI is InChI=1S/C31H26ClN3O5/c1-30(2,3)40-29(38)34-31(16-21-20-12-7-8-15-25(20)39-27(36)22(21)17-33)26-23(32)13-9-14-24(26)35(28(31)37)18-19-10-5-4-6-11-19/h4-15H,16,18H2,1-3H3,(H,34,38)/t31-/m1/s1. The summed E-state index contributed by atoms with van der Waals surface area (Å²) in [5.41, 5.74) is -1.54. The van der Waals surface area contributed by atoms with Gasteiger partial charge in [0.25, 0.3) is 5.91 Å². The second-order valence-corrected chi connectivity index (χ2v) is 11.0. The molecule has 0 aliphatic carbocycles. The Morgan fingerprint density at radius 2 is 1.75 bits per heavy atom. The van der Waals surface area contributed by atoms with Crippen LogP contribution in [0.15, 0.2) is 82.0 Å². The molecule has 1 aliphatic rings. The van der Waals surface area contributed by atoms with Crippen LogP contribution in [0.1, 0.15) is 43.0 Å². The number of fused-ring (bicyclic) bond motifs is 2. The van der Waals surface area contributed by atoms with Gasteiger partial charge in [-0.1, -0.05) is 66.2 Å². The monoisotopic (exact) mass is 555 g/mol. The lowest BCUT2D eigenvalue weighted by Crippen LogP contribution is -2.55. The van der Waals surface area contributed by atoms with Crippen LogP contribution < -0.4 is 15.8 Å². The summed E-state index contributed by atoms with van der Waals surface area (Å²) in [4.78, 5) is 42.3. The molecule has 0 bridgehead atoms. The van der Waals surface area contributed by atoms with E-state index >= 15 is 0 Å². The number of anilines is 1. The fourth-order valence-corrected chi connectivity index (χ4v) is 5.44. The van der Waals surface area contributed by atoms with Gasteiger partial charge in [0.1, 0.15) is 22.8 Å². The zero-order chi connectivity index (χ0) is 28.7. The predicted octanol–water partition coefficient (Wildman–Crippen LogP) is 5.83. The number of nitrogens with zero attached hydrogens (tertiary/aromatic N) is 2. The van der Waals surface area contributed by atoms with Crippen molar-refractivity contribution >= 4 is 40.3 Å². The number of carbonyl (C=O) groups is 2. The van der Waals surface area contributed by atoms with Crippen LogP contribution in [0.2, 0.25) is 5.02 Å². The van der Waals surface area contributed by atoms with E-state index in [0.29, 0.717) is 16.6 Å². The highest BCUT2D eigenvalue weighted by Gasteiger charge is 2.54. The van der Waals surface area contributed by atoms with Crippen LogP contribution in [0.3, 0.4) is 0 Å². The van der Waals surface area contributed by atoms with Crippen molar-refractivity contribution in [2.75, 3.05) is 4.90 Å². The van der Waals surface area contributed by atoms with Crippen LogP contribution >= 0.6 is 11.6 Å². The molecule has 9 heteroatoms. The molecule has 1 aromatic heterocycles. The van der Waals surface area contributed by atoms with Crippen molar-refractivity contribution in [1.82, 2.24) is 5.32 Å². The fourth-order valence-electron chi connectivity index (χ4n) is 5.11. The molecule has 0 radical (unpaired) electrons. The molecule has 0 fully saturated rings. The molecule has 0 saturated heterocycles. The predicted molar refractivity (Wildman–Crippen MR) is 151 cm³/mol. The molecule has 2 heterocycles. The second-order valence-electron chi connectivity index (χ2n) is 10.6. The number of nitrogens with one attached hydrogen (secondary N) is 1. The summed E-state index contributed by atoms with van der Waals surface area (Å²) in [5.74, 6) is -0.480. The first kappa shape index (κ1) is 27.0. The molecule has 0 spiro atoms. The van der Waals surface area contributed by atoms with E-state index in [0.717, 1.165) is 5.56 Å². The maximum Gasteiger partial charge on any atom is 0.408 e. The van der Waals surface area contributed by atoms with Gasteiger partial charge in [0.05, 0.1) is 12.2 Å². The van der Waals surface area contributed by atoms with Gasteiger partial charge in [-0.2, -0.15) is 5.26 Å². The van der Waals surface area contributed by atoms with Crippen molar-refractivity contribution in [3.8, 4) is 6.07 Å². The number of amides is 2. The lowest BCUT2D eigenvalue weighted by Gasteiger charge is -2.32. The summed E-state index contributed by atoms with van der Waals surface area (Å²) in [6.07, 6.45) is -1.10. The van der Waals surface area contributed by atoms with E-state index in [4.69, 9.17) is 20.8 Å². The van der Waals surface area contributed by atoms with E-state index in [1.54, 1.807) is 68.1 Å². The highest BCUT2D eigenvalue weighted by atomic mass is 35.5. The molecule has 1 N–H and O–H groups in total. The van der Waals surface area contributed by atoms with Crippen LogP contribution in [0, 0.1) is 11.3 Å². The third-order valence-electron chi connectivity index (χ3n) is 6.69. The Kier molecular flexibility index (Phi) is 6.86. The number of halogens is 1. The summed E-state index contributed by atoms with van der Waals surface area (Å²) in [6.45, 7) is 5.33. The van der Waals surface area contributed by atoms with E-state index in [9.17, 15) is 19.6 Å². The lowest BCUT2D eigenvalue weighted by atomic mass is 9.82. The number of alkyl carbamates (subject to hydrolysis) is 1. The Bertz CT molecular complexity index is 1740. The topological polar surface area (TPSA) is 113 Å². The maximum atomic E-state index is 14.6.